The predicted molar refractivity (Wildman–Crippen MR) is 139 cm³/mol. The molecule has 1 aliphatic carbocycles. The summed E-state index contributed by atoms with van der Waals surface area (Å²) in [5, 5.41) is 24.8. The van der Waals surface area contributed by atoms with E-state index in [1.807, 2.05) is 36.4 Å². The zero-order valence-electron chi connectivity index (χ0n) is 19.0. The van der Waals surface area contributed by atoms with Crippen molar-refractivity contribution in [1.82, 2.24) is 30.4 Å². The summed E-state index contributed by atoms with van der Waals surface area (Å²) in [5.74, 6) is -0.0242. The maximum atomic E-state index is 12.3. The first kappa shape index (κ1) is 24.4. The molecule has 0 unspecified atom stereocenters. The van der Waals surface area contributed by atoms with Crippen molar-refractivity contribution in [3.8, 4) is 0 Å². The molecule has 0 radical (unpaired) electrons. The van der Waals surface area contributed by atoms with Crippen molar-refractivity contribution in [2.24, 2.45) is 0 Å². The number of carbonyl (C=O) groups excluding carboxylic acids is 2. The van der Waals surface area contributed by atoms with Gasteiger partial charge in [0.15, 0.2) is 4.34 Å². The molecule has 0 aliphatic heterocycles. The molecular formula is C23H22N8O2S3. The monoisotopic (exact) mass is 538 g/mol. The molecule has 0 saturated heterocycles. The van der Waals surface area contributed by atoms with Crippen molar-refractivity contribution >= 4 is 56.5 Å². The molecular weight excluding hydrogens is 517 g/mol. The highest BCUT2D eigenvalue weighted by Gasteiger charge is 2.30. The van der Waals surface area contributed by atoms with E-state index in [9.17, 15) is 9.59 Å². The second-order valence-corrected chi connectivity index (χ2v) is 11.7. The van der Waals surface area contributed by atoms with Crippen LogP contribution in [0.15, 0.2) is 53.1 Å². The van der Waals surface area contributed by atoms with E-state index in [4.69, 9.17) is 0 Å². The molecule has 1 aliphatic rings. The van der Waals surface area contributed by atoms with E-state index in [2.05, 4.69) is 41.0 Å². The highest BCUT2D eigenvalue weighted by Crippen LogP contribution is 2.44. The molecule has 0 bridgehead atoms. The fourth-order valence-corrected chi connectivity index (χ4v) is 7.03. The SMILES string of the molecule is O=C(Cc1ccccn1)Nc1nnc(S[C@H]2CC[C@H](c3nnc(NC(=O)Cc4ccccn4)s3)C2)s1. The van der Waals surface area contributed by atoms with E-state index in [0.29, 0.717) is 32.8 Å². The molecule has 2 atom stereocenters. The summed E-state index contributed by atoms with van der Waals surface area (Å²) in [7, 11) is 0. The van der Waals surface area contributed by atoms with E-state index in [0.717, 1.165) is 28.6 Å². The molecule has 184 valence electrons. The van der Waals surface area contributed by atoms with Crippen molar-refractivity contribution in [1.29, 1.82) is 0 Å². The van der Waals surface area contributed by atoms with Crippen LogP contribution < -0.4 is 10.6 Å². The minimum absolute atomic E-state index is 0.157. The van der Waals surface area contributed by atoms with E-state index in [-0.39, 0.29) is 24.7 Å². The van der Waals surface area contributed by atoms with Crippen LogP contribution in [0.2, 0.25) is 0 Å². The van der Waals surface area contributed by atoms with Gasteiger partial charge in [-0.25, -0.2) is 0 Å². The maximum absolute atomic E-state index is 12.3. The fraction of sp³-hybridized carbons (Fsp3) is 0.304. The van der Waals surface area contributed by atoms with Gasteiger partial charge in [0.05, 0.1) is 12.8 Å². The lowest BCUT2D eigenvalue weighted by molar-refractivity contribution is -0.116. The molecule has 13 heteroatoms. The molecule has 0 aromatic carbocycles. The average Bonchev–Trinajstić information content (AvgIpc) is 3.62. The third kappa shape index (κ3) is 6.68. The molecule has 1 saturated carbocycles. The van der Waals surface area contributed by atoms with Crippen LogP contribution in [-0.4, -0.2) is 47.4 Å². The van der Waals surface area contributed by atoms with Gasteiger partial charge in [-0.05, 0) is 43.5 Å². The Bertz CT molecular complexity index is 1320. The minimum Gasteiger partial charge on any atom is -0.300 e. The van der Waals surface area contributed by atoms with Gasteiger partial charge in [0.1, 0.15) is 5.01 Å². The smallest absolute Gasteiger partial charge is 0.232 e. The number of amides is 2. The van der Waals surface area contributed by atoms with E-state index < -0.39 is 0 Å². The number of nitrogens with zero attached hydrogens (tertiary/aromatic N) is 6. The first-order valence-electron chi connectivity index (χ1n) is 11.3. The van der Waals surface area contributed by atoms with E-state index in [1.165, 1.54) is 22.7 Å². The first-order valence-corrected chi connectivity index (χ1v) is 13.8. The summed E-state index contributed by atoms with van der Waals surface area (Å²) in [5.41, 5.74) is 1.42. The Morgan fingerprint density at radius 3 is 2.11 bits per heavy atom. The lowest BCUT2D eigenvalue weighted by Gasteiger charge is -2.06. The molecule has 0 spiro atoms. The van der Waals surface area contributed by atoms with Gasteiger partial charge in [-0.2, -0.15) is 0 Å². The summed E-state index contributed by atoms with van der Waals surface area (Å²) < 4.78 is 0.827. The number of anilines is 2. The lowest BCUT2D eigenvalue weighted by atomic mass is 10.1. The molecule has 5 rings (SSSR count). The summed E-state index contributed by atoms with van der Waals surface area (Å²) in [6.07, 6.45) is 6.70. The number of hydrogen-bond donors (Lipinski definition) is 2. The molecule has 10 nitrogen and oxygen atoms in total. The van der Waals surface area contributed by atoms with Crippen LogP contribution in [0.25, 0.3) is 0 Å². The number of pyridine rings is 2. The van der Waals surface area contributed by atoms with Crippen molar-refractivity contribution in [3.63, 3.8) is 0 Å². The van der Waals surface area contributed by atoms with Gasteiger partial charge < -0.3 is 10.6 Å². The normalized spacial score (nSPS) is 17.1. The average molecular weight is 539 g/mol. The van der Waals surface area contributed by atoms with Crippen LogP contribution in [-0.2, 0) is 22.4 Å². The Morgan fingerprint density at radius 1 is 0.833 bits per heavy atom. The fourth-order valence-electron chi connectivity index (χ4n) is 3.83. The van der Waals surface area contributed by atoms with Gasteiger partial charge in [-0.1, -0.05) is 46.6 Å². The quantitative estimate of drug-likeness (QED) is 0.303. The Balaban J connectivity index is 1.09. The third-order valence-electron chi connectivity index (χ3n) is 5.48. The number of aromatic nitrogens is 6. The highest BCUT2D eigenvalue weighted by molar-refractivity contribution is 8.01. The number of nitrogens with one attached hydrogen (secondary N) is 2. The predicted octanol–water partition coefficient (Wildman–Crippen LogP) is 3.97. The van der Waals surface area contributed by atoms with Gasteiger partial charge in [0, 0.05) is 34.9 Å². The Labute approximate surface area is 219 Å². The van der Waals surface area contributed by atoms with Crippen molar-refractivity contribution in [2.45, 2.75) is 47.6 Å². The van der Waals surface area contributed by atoms with Gasteiger partial charge >= 0.3 is 0 Å². The zero-order valence-corrected chi connectivity index (χ0v) is 21.5. The second kappa shape index (κ2) is 11.6. The van der Waals surface area contributed by atoms with Crippen LogP contribution in [0, 0.1) is 0 Å². The van der Waals surface area contributed by atoms with Crippen molar-refractivity contribution in [2.75, 3.05) is 10.6 Å². The van der Waals surface area contributed by atoms with Gasteiger partial charge in [0.2, 0.25) is 22.1 Å². The second-order valence-electron chi connectivity index (χ2n) is 8.16. The summed E-state index contributed by atoms with van der Waals surface area (Å²) >= 11 is 4.49. The zero-order chi connectivity index (χ0) is 24.7. The molecule has 1 fully saturated rings. The number of rotatable bonds is 9. The molecule has 4 aromatic heterocycles. The number of thioether (sulfide) groups is 1. The Morgan fingerprint density at radius 2 is 1.47 bits per heavy atom. The van der Waals surface area contributed by atoms with Crippen molar-refractivity contribution < 1.29 is 9.59 Å². The highest BCUT2D eigenvalue weighted by atomic mass is 32.2. The Kier molecular flexibility index (Phi) is 7.88. The van der Waals surface area contributed by atoms with Crippen LogP contribution in [0.5, 0.6) is 0 Å². The molecule has 4 heterocycles. The lowest BCUT2D eigenvalue weighted by Crippen LogP contribution is -2.14. The van der Waals surface area contributed by atoms with Gasteiger partial charge in [0.25, 0.3) is 0 Å². The standard InChI is InChI=1S/C23H22N8O2S3/c32-18(12-15-5-1-3-9-24-15)26-21-29-28-20(35-21)14-7-8-17(11-14)34-23-31-30-22(36-23)27-19(33)13-16-6-2-4-10-25-16/h1-6,9-10,14,17H,7-8,11-13H2,(H,26,29,32)(H,27,30,33)/t14-,17-/m0/s1. The van der Waals surface area contributed by atoms with Gasteiger partial charge in [-0.3, -0.25) is 19.6 Å². The summed E-state index contributed by atoms with van der Waals surface area (Å²) in [6.45, 7) is 0. The van der Waals surface area contributed by atoms with Gasteiger partial charge in [-0.15, -0.1) is 20.4 Å². The van der Waals surface area contributed by atoms with Crippen LogP contribution in [0.1, 0.15) is 41.6 Å². The summed E-state index contributed by atoms with van der Waals surface area (Å²) in [4.78, 5) is 32.9. The molecule has 2 amide bonds. The minimum atomic E-state index is -0.165. The van der Waals surface area contributed by atoms with Crippen LogP contribution in [0.3, 0.4) is 0 Å². The maximum Gasteiger partial charge on any atom is 0.232 e. The van der Waals surface area contributed by atoms with Crippen LogP contribution in [0.4, 0.5) is 10.3 Å². The number of hydrogen-bond acceptors (Lipinski definition) is 11. The molecule has 4 aromatic rings. The Hall–Kier alpha value is -3.29. The van der Waals surface area contributed by atoms with E-state index in [1.54, 1.807) is 24.2 Å². The van der Waals surface area contributed by atoms with Crippen molar-refractivity contribution in [3.05, 3.63) is 65.2 Å². The molecule has 2 N–H and O–H groups in total. The molecule has 36 heavy (non-hydrogen) atoms. The first-order chi connectivity index (χ1) is 17.6. The third-order valence-corrected chi connectivity index (χ3v) is 8.69. The summed E-state index contributed by atoms with van der Waals surface area (Å²) in [6, 6.07) is 11.0. The van der Waals surface area contributed by atoms with Crippen LogP contribution >= 0.6 is 34.4 Å². The largest absolute Gasteiger partial charge is 0.300 e. The number of carbonyl (C=O) groups is 2. The topological polar surface area (TPSA) is 136 Å². The van der Waals surface area contributed by atoms with E-state index >= 15 is 0 Å².